The summed E-state index contributed by atoms with van der Waals surface area (Å²) in [5, 5.41) is 0.866. The summed E-state index contributed by atoms with van der Waals surface area (Å²) in [7, 11) is 0. The number of rotatable bonds is 1. The van der Waals surface area contributed by atoms with Gasteiger partial charge in [0.15, 0.2) is 5.78 Å². The number of carbonyl (C=O) groups excluding carboxylic acids is 1. The van der Waals surface area contributed by atoms with Crippen LogP contribution >= 0.6 is 0 Å². The Bertz CT molecular complexity index is 1160. The van der Waals surface area contributed by atoms with E-state index in [9.17, 15) is 9.59 Å². The van der Waals surface area contributed by atoms with Gasteiger partial charge in [0.05, 0.1) is 17.0 Å². The van der Waals surface area contributed by atoms with Gasteiger partial charge < -0.3 is 9.72 Å². The average Bonchev–Trinajstić information content (AvgIpc) is 2.67. The number of allylic oxidation sites excluding steroid dienone is 2. The summed E-state index contributed by atoms with van der Waals surface area (Å²) in [5.74, 6) is 1.23. The lowest BCUT2D eigenvalue weighted by atomic mass is 9.75. The first kappa shape index (κ1) is 16.1. The maximum atomic E-state index is 13.0. The molecule has 27 heavy (non-hydrogen) atoms. The van der Waals surface area contributed by atoms with Gasteiger partial charge in [-0.05, 0) is 23.6 Å². The molecule has 2 atom stereocenters. The van der Waals surface area contributed by atoms with Crippen molar-refractivity contribution < 1.29 is 9.53 Å². The lowest BCUT2D eigenvalue weighted by Crippen LogP contribution is -2.32. The van der Waals surface area contributed by atoms with E-state index in [0.29, 0.717) is 29.7 Å². The molecule has 1 N–H and O–H groups in total. The van der Waals surface area contributed by atoms with Crippen LogP contribution in [-0.2, 0) is 4.79 Å². The Kier molecular flexibility index (Phi) is 3.54. The second-order valence-corrected chi connectivity index (χ2v) is 7.46. The number of H-pyrrole nitrogens is 1. The highest BCUT2D eigenvalue weighted by molar-refractivity contribution is 6.00. The number of fused-ring (bicyclic) bond motifs is 3. The fraction of sp³-hybridized carbons (Fsp3) is 0.217. The molecule has 0 radical (unpaired) electrons. The van der Waals surface area contributed by atoms with Crippen molar-refractivity contribution in [2.75, 3.05) is 0 Å². The number of pyridine rings is 1. The van der Waals surface area contributed by atoms with E-state index in [1.54, 1.807) is 0 Å². The molecule has 5 rings (SSSR count). The van der Waals surface area contributed by atoms with Gasteiger partial charge in [0, 0.05) is 23.8 Å². The maximum Gasteiger partial charge on any atom is 0.256 e. The highest BCUT2D eigenvalue weighted by atomic mass is 16.5. The Morgan fingerprint density at radius 2 is 1.70 bits per heavy atom. The van der Waals surface area contributed by atoms with E-state index in [-0.39, 0.29) is 17.3 Å². The zero-order chi connectivity index (χ0) is 18.5. The minimum atomic E-state index is -0.390. The summed E-state index contributed by atoms with van der Waals surface area (Å²) in [6.45, 7) is 2.06. The van der Waals surface area contributed by atoms with E-state index < -0.39 is 5.92 Å². The number of hydrogen-bond donors (Lipinski definition) is 1. The number of benzene rings is 2. The third-order valence-electron chi connectivity index (χ3n) is 5.51. The number of Topliss-reactive ketones (excluding diaryl/α,β-unsaturated/α-hetero) is 1. The third kappa shape index (κ3) is 2.44. The molecule has 4 nitrogen and oxygen atoms in total. The monoisotopic (exact) mass is 357 g/mol. The van der Waals surface area contributed by atoms with Crippen molar-refractivity contribution in [2.45, 2.75) is 25.7 Å². The van der Waals surface area contributed by atoms with Crippen molar-refractivity contribution in [1.29, 1.82) is 0 Å². The number of ether oxygens (including phenoxy) is 1. The van der Waals surface area contributed by atoms with Crippen LogP contribution in [0.4, 0.5) is 0 Å². The molecule has 134 valence electrons. The maximum absolute atomic E-state index is 13.0. The van der Waals surface area contributed by atoms with E-state index >= 15 is 0 Å². The van der Waals surface area contributed by atoms with Crippen molar-refractivity contribution in [3.8, 4) is 5.75 Å². The molecule has 2 aliphatic rings. The van der Waals surface area contributed by atoms with Crippen molar-refractivity contribution in [3.63, 3.8) is 0 Å². The zero-order valence-electron chi connectivity index (χ0n) is 15.0. The Balaban J connectivity index is 1.86. The van der Waals surface area contributed by atoms with Crippen LogP contribution in [-0.4, -0.2) is 10.8 Å². The molecule has 4 heteroatoms. The summed E-state index contributed by atoms with van der Waals surface area (Å²) in [5.41, 5.74) is 2.66. The second kappa shape index (κ2) is 5.95. The van der Waals surface area contributed by atoms with Crippen LogP contribution in [0.2, 0.25) is 0 Å². The van der Waals surface area contributed by atoms with Crippen molar-refractivity contribution in [2.24, 2.45) is 5.92 Å². The van der Waals surface area contributed by atoms with Gasteiger partial charge in [-0.15, -0.1) is 0 Å². The number of aromatic amines is 1. The Labute approximate surface area is 156 Å². The van der Waals surface area contributed by atoms with Crippen molar-refractivity contribution in [1.82, 2.24) is 4.98 Å². The molecule has 0 unspecified atom stereocenters. The predicted octanol–water partition coefficient (Wildman–Crippen LogP) is 4.31. The molecule has 0 amide bonds. The third-order valence-corrected chi connectivity index (χ3v) is 5.51. The zero-order valence-corrected chi connectivity index (χ0v) is 15.0. The number of carbonyl (C=O) groups is 1. The Hall–Kier alpha value is -3.14. The highest BCUT2D eigenvalue weighted by Crippen LogP contribution is 2.47. The van der Waals surface area contributed by atoms with Gasteiger partial charge in [0.25, 0.3) is 5.56 Å². The predicted molar refractivity (Wildman–Crippen MR) is 104 cm³/mol. The molecule has 3 aromatic rings. The standard InChI is InChI=1S/C23H19NO3/c1-13-11-17(25)20-18(12-13)27-22-15-9-5-6-10-16(15)24-23(26)21(22)19(20)14-7-3-2-4-8-14/h2-10,13,19H,11-12H2,1H3,(H,24,26)/t13-,19+/m0/s1. The average molecular weight is 357 g/mol. The summed E-state index contributed by atoms with van der Waals surface area (Å²) in [4.78, 5) is 29.0. The molecule has 2 aromatic carbocycles. The van der Waals surface area contributed by atoms with E-state index in [1.165, 1.54) is 0 Å². The van der Waals surface area contributed by atoms with Crippen LogP contribution in [0.5, 0.6) is 5.75 Å². The first-order valence-electron chi connectivity index (χ1n) is 9.27. The summed E-state index contributed by atoms with van der Waals surface area (Å²) in [6, 6.07) is 17.4. The Morgan fingerprint density at radius 1 is 0.963 bits per heavy atom. The molecular formula is C23H19NO3. The first-order valence-corrected chi connectivity index (χ1v) is 9.27. The number of para-hydroxylation sites is 1. The number of aromatic nitrogens is 1. The first-order chi connectivity index (χ1) is 13.1. The van der Waals surface area contributed by atoms with Gasteiger partial charge in [0.1, 0.15) is 11.5 Å². The van der Waals surface area contributed by atoms with E-state index in [4.69, 9.17) is 4.74 Å². The summed E-state index contributed by atoms with van der Waals surface area (Å²) >= 11 is 0. The SMILES string of the molecule is C[C@H]1CC(=O)C2=C(C1)Oc1c(c(=O)[nH]c3ccccc13)[C@@H]2c1ccccc1. The minimum absolute atomic E-state index is 0.0795. The van der Waals surface area contributed by atoms with E-state index in [2.05, 4.69) is 11.9 Å². The van der Waals surface area contributed by atoms with Crippen LogP contribution < -0.4 is 10.3 Å². The second-order valence-electron chi connectivity index (χ2n) is 7.46. The summed E-state index contributed by atoms with van der Waals surface area (Å²) < 4.78 is 6.26. The quantitative estimate of drug-likeness (QED) is 0.706. The molecule has 2 heterocycles. The van der Waals surface area contributed by atoms with Crippen LogP contribution in [0, 0.1) is 5.92 Å². The lowest BCUT2D eigenvalue weighted by Gasteiger charge is -2.34. The fourth-order valence-corrected chi connectivity index (χ4v) is 4.35. The number of nitrogens with one attached hydrogen (secondary N) is 1. The number of hydrogen-bond acceptors (Lipinski definition) is 3. The summed E-state index contributed by atoms with van der Waals surface area (Å²) in [6.07, 6.45) is 1.21. The molecule has 0 saturated carbocycles. The molecule has 0 saturated heterocycles. The number of ketones is 1. The van der Waals surface area contributed by atoms with E-state index in [0.717, 1.165) is 22.2 Å². The molecule has 1 aliphatic carbocycles. The van der Waals surface area contributed by atoms with Gasteiger partial charge in [-0.3, -0.25) is 9.59 Å². The highest BCUT2D eigenvalue weighted by Gasteiger charge is 2.40. The van der Waals surface area contributed by atoms with Crippen LogP contribution in [0.3, 0.4) is 0 Å². The van der Waals surface area contributed by atoms with E-state index in [1.807, 2.05) is 54.6 Å². The van der Waals surface area contributed by atoms with Crippen molar-refractivity contribution >= 4 is 16.7 Å². The van der Waals surface area contributed by atoms with Gasteiger partial charge in [-0.1, -0.05) is 49.4 Å². The van der Waals surface area contributed by atoms with Gasteiger partial charge >= 0.3 is 0 Å². The van der Waals surface area contributed by atoms with Crippen LogP contribution in [0.25, 0.3) is 10.9 Å². The molecule has 0 bridgehead atoms. The molecule has 1 aliphatic heterocycles. The minimum Gasteiger partial charge on any atom is -0.460 e. The normalized spacial score (nSPS) is 21.6. The molecule has 0 fully saturated rings. The van der Waals surface area contributed by atoms with Gasteiger partial charge in [0.2, 0.25) is 0 Å². The van der Waals surface area contributed by atoms with Crippen molar-refractivity contribution in [3.05, 3.63) is 87.4 Å². The van der Waals surface area contributed by atoms with Crippen LogP contribution in [0.15, 0.2) is 70.7 Å². The lowest BCUT2D eigenvalue weighted by molar-refractivity contribution is -0.117. The molecule has 0 spiro atoms. The van der Waals surface area contributed by atoms with Gasteiger partial charge in [-0.2, -0.15) is 0 Å². The Morgan fingerprint density at radius 3 is 2.52 bits per heavy atom. The molecule has 1 aromatic heterocycles. The van der Waals surface area contributed by atoms with Crippen LogP contribution in [0.1, 0.15) is 36.8 Å². The molecular weight excluding hydrogens is 338 g/mol. The topological polar surface area (TPSA) is 59.2 Å². The van der Waals surface area contributed by atoms with Gasteiger partial charge in [-0.25, -0.2) is 0 Å². The fourth-order valence-electron chi connectivity index (χ4n) is 4.35. The smallest absolute Gasteiger partial charge is 0.256 e. The largest absolute Gasteiger partial charge is 0.460 e.